The van der Waals surface area contributed by atoms with Gasteiger partial charge in [-0.25, -0.2) is 0 Å². The van der Waals surface area contributed by atoms with E-state index in [-0.39, 0.29) is 0 Å². The van der Waals surface area contributed by atoms with Crippen LogP contribution in [0.5, 0.6) is 0 Å². The quantitative estimate of drug-likeness (QED) is 0.150. The maximum Gasteiger partial charge on any atom is 0.143 e. The number of para-hydroxylation sites is 1. The monoisotopic (exact) mass is 789 g/mol. The average molecular weight is 790 g/mol. The van der Waals surface area contributed by atoms with Crippen molar-refractivity contribution in [2.45, 2.75) is 0 Å². The molecule has 62 heavy (non-hydrogen) atoms. The number of hydrogen-bond donors (Lipinski definition) is 0. The molecule has 0 N–H and O–H groups in total. The van der Waals surface area contributed by atoms with E-state index < -0.39 is 0 Å². The molecule has 2 nitrogen and oxygen atoms in total. The highest BCUT2D eigenvalue weighted by molar-refractivity contribution is 6.22. The van der Waals surface area contributed by atoms with Crippen LogP contribution in [0.25, 0.3) is 98.8 Å². The van der Waals surface area contributed by atoms with Crippen molar-refractivity contribution >= 4 is 71.3 Å². The molecular formula is C60H39NO. The molecule has 0 fully saturated rings. The summed E-state index contributed by atoms with van der Waals surface area (Å²) in [4.78, 5) is 2.39. The lowest BCUT2D eigenvalue weighted by molar-refractivity contribution is 0.672. The molecule has 0 saturated carbocycles. The first kappa shape index (κ1) is 35.7. The van der Waals surface area contributed by atoms with Crippen LogP contribution in [0.15, 0.2) is 241 Å². The SMILES string of the molecule is c1ccc(-c2ccccc2N(c2ccc(-c3ccc4c(c3)c(-c3ccccc3)c(-c3ccccc3)c3ccccc34)cc2)c2ccc3oc4c5ccccc5ccc4c3c2)cc1. The van der Waals surface area contributed by atoms with Crippen LogP contribution in [-0.2, 0) is 0 Å². The second kappa shape index (κ2) is 14.8. The molecule has 0 aliphatic carbocycles. The molecule has 0 aliphatic rings. The van der Waals surface area contributed by atoms with Crippen molar-refractivity contribution in [1.82, 2.24) is 0 Å². The van der Waals surface area contributed by atoms with Crippen molar-refractivity contribution < 1.29 is 4.42 Å². The Balaban J connectivity index is 1.04. The Morgan fingerprint density at radius 2 is 0.839 bits per heavy atom. The standard InChI is InChI=1S/C60H39NO/c1-4-16-41(17-5-1)48-23-14-15-27-56(48)61(47-34-37-57-54(39-47)53-36-30-42-18-10-11-24-49(42)60(53)62-57)46-32-28-40(29-33-46)45-31-35-51-50-25-12-13-26-52(50)58(43-19-6-2-7-20-43)59(55(51)38-45)44-21-8-3-9-22-44/h1-39H. The summed E-state index contributed by atoms with van der Waals surface area (Å²) in [5.41, 5.74) is 14.6. The number of fused-ring (bicyclic) bond motifs is 8. The van der Waals surface area contributed by atoms with Crippen LogP contribution < -0.4 is 4.90 Å². The summed E-state index contributed by atoms with van der Waals surface area (Å²) in [5, 5.41) is 9.50. The second-order valence-electron chi connectivity index (χ2n) is 16.0. The first-order valence-corrected chi connectivity index (χ1v) is 21.3. The van der Waals surface area contributed by atoms with Crippen molar-refractivity contribution in [3.05, 3.63) is 237 Å². The Bertz CT molecular complexity index is 3610. The van der Waals surface area contributed by atoms with E-state index in [2.05, 4.69) is 241 Å². The molecule has 2 heteroatoms. The van der Waals surface area contributed by atoms with Crippen LogP contribution >= 0.6 is 0 Å². The van der Waals surface area contributed by atoms with Gasteiger partial charge < -0.3 is 9.32 Å². The minimum Gasteiger partial charge on any atom is -0.455 e. The van der Waals surface area contributed by atoms with Gasteiger partial charge in [-0.05, 0) is 114 Å². The highest BCUT2D eigenvalue weighted by Crippen LogP contribution is 2.47. The number of anilines is 3. The van der Waals surface area contributed by atoms with Crippen LogP contribution in [0.3, 0.4) is 0 Å². The third-order valence-corrected chi connectivity index (χ3v) is 12.4. The largest absolute Gasteiger partial charge is 0.455 e. The Morgan fingerprint density at radius 3 is 1.58 bits per heavy atom. The Morgan fingerprint density at radius 1 is 0.290 bits per heavy atom. The Kier molecular flexibility index (Phi) is 8.53. The summed E-state index contributed by atoms with van der Waals surface area (Å²) in [7, 11) is 0. The summed E-state index contributed by atoms with van der Waals surface area (Å²) >= 11 is 0. The van der Waals surface area contributed by atoms with E-state index in [9.17, 15) is 0 Å². The molecule has 0 amide bonds. The van der Waals surface area contributed by atoms with Crippen molar-refractivity contribution in [2.24, 2.45) is 0 Å². The van der Waals surface area contributed by atoms with E-state index in [0.717, 1.165) is 55.5 Å². The summed E-state index contributed by atoms with van der Waals surface area (Å²) in [6, 6.07) is 85.4. The lowest BCUT2D eigenvalue weighted by Crippen LogP contribution is -2.11. The molecule has 1 aromatic heterocycles. The van der Waals surface area contributed by atoms with Gasteiger partial charge in [0.2, 0.25) is 0 Å². The van der Waals surface area contributed by atoms with E-state index in [1.165, 1.54) is 60.3 Å². The summed E-state index contributed by atoms with van der Waals surface area (Å²) in [6.07, 6.45) is 0. The zero-order valence-electron chi connectivity index (χ0n) is 33.9. The highest BCUT2D eigenvalue weighted by Gasteiger charge is 2.21. The fourth-order valence-electron chi connectivity index (χ4n) is 9.57. The maximum absolute atomic E-state index is 6.57. The molecule has 0 spiro atoms. The van der Waals surface area contributed by atoms with E-state index >= 15 is 0 Å². The molecule has 0 aliphatic heterocycles. The normalized spacial score (nSPS) is 11.5. The second-order valence-corrected chi connectivity index (χ2v) is 16.0. The first-order chi connectivity index (χ1) is 30.8. The Hall–Kier alpha value is -8.20. The van der Waals surface area contributed by atoms with Gasteiger partial charge in [0.15, 0.2) is 0 Å². The number of rotatable bonds is 7. The molecule has 0 unspecified atom stereocenters. The molecule has 11 aromatic carbocycles. The van der Waals surface area contributed by atoms with Gasteiger partial charge in [0.05, 0.1) is 5.69 Å². The number of furan rings is 1. The minimum absolute atomic E-state index is 0.876. The zero-order valence-corrected chi connectivity index (χ0v) is 33.9. The van der Waals surface area contributed by atoms with Crippen molar-refractivity contribution in [3.8, 4) is 44.5 Å². The molecule has 0 radical (unpaired) electrons. The number of nitrogens with zero attached hydrogens (tertiary/aromatic N) is 1. The van der Waals surface area contributed by atoms with Crippen LogP contribution in [0, 0.1) is 0 Å². The highest BCUT2D eigenvalue weighted by atomic mass is 16.3. The molecule has 1 heterocycles. The van der Waals surface area contributed by atoms with Crippen molar-refractivity contribution in [2.75, 3.05) is 4.90 Å². The minimum atomic E-state index is 0.876. The van der Waals surface area contributed by atoms with Gasteiger partial charge in [-0.3, -0.25) is 0 Å². The zero-order chi connectivity index (χ0) is 41.0. The van der Waals surface area contributed by atoms with Crippen molar-refractivity contribution in [1.29, 1.82) is 0 Å². The van der Waals surface area contributed by atoms with E-state index in [1.807, 2.05) is 0 Å². The predicted octanol–water partition coefficient (Wildman–Crippen LogP) is 17.2. The maximum atomic E-state index is 6.57. The van der Waals surface area contributed by atoms with Gasteiger partial charge in [0.1, 0.15) is 11.2 Å². The molecular weight excluding hydrogens is 751 g/mol. The van der Waals surface area contributed by atoms with Crippen LogP contribution in [0.4, 0.5) is 17.1 Å². The molecule has 0 atom stereocenters. The average Bonchev–Trinajstić information content (AvgIpc) is 3.73. The summed E-state index contributed by atoms with van der Waals surface area (Å²) < 4.78 is 6.57. The van der Waals surface area contributed by atoms with Gasteiger partial charge >= 0.3 is 0 Å². The smallest absolute Gasteiger partial charge is 0.143 e. The molecule has 12 aromatic rings. The fourth-order valence-corrected chi connectivity index (χ4v) is 9.57. The van der Waals surface area contributed by atoms with Gasteiger partial charge in [-0.2, -0.15) is 0 Å². The lowest BCUT2D eigenvalue weighted by atomic mass is 9.84. The third-order valence-electron chi connectivity index (χ3n) is 12.4. The van der Waals surface area contributed by atoms with Crippen LogP contribution in [0.2, 0.25) is 0 Å². The summed E-state index contributed by atoms with van der Waals surface area (Å²) in [6.45, 7) is 0. The van der Waals surface area contributed by atoms with Crippen molar-refractivity contribution in [3.63, 3.8) is 0 Å². The van der Waals surface area contributed by atoms with Gasteiger partial charge in [-0.15, -0.1) is 0 Å². The third kappa shape index (κ3) is 5.96. The molecule has 12 rings (SSSR count). The van der Waals surface area contributed by atoms with Gasteiger partial charge in [0, 0.05) is 33.1 Å². The molecule has 0 bridgehead atoms. The predicted molar refractivity (Wildman–Crippen MR) is 263 cm³/mol. The lowest BCUT2D eigenvalue weighted by Gasteiger charge is -2.28. The fraction of sp³-hybridized carbons (Fsp3) is 0. The molecule has 0 saturated heterocycles. The first-order valence-electron chi connectivity index (χ1n) is 21.3. The van der Waals surface area contributed by atoms with Gasteiger partial charge in [-0.1, -0.05) is 188 Å². The molecule has 290 valence electrons. The van der Waals surface area contributed by atoms with E-state index in [1.54, 1.807) is 0 Å². The summed E-state index contributed by atoms with van der Waals surface area (Å²) in [5.74, 6) is 0. The number of benzene rings is 11. The Labute approximate surface area is 360 Å². The topological polar surface area (TPSA) is 16.4 Å². The van der Waals surface area contributed by atoms with Crippen LogP contribution in [-0.4, -0.2) is 0 Å². The van der Waals surface area contributed by atoms with Gasteiger partial charge in [0.25, 0.3) is 0 Å². The van der Waals surface area contributed by atoms with E-state index in [4.69, 9.17) is 4.42 Å². The van der Waals surface area contributed by atoms with Crippen LogP contribution in [0.1, 0.15) is 0 Å². The number of hydrogen-bond acceptors (Lipinski definition) is 2. The van der Waals surface area contributed by atoms with E-state index in [0.29, 0.717) is 0 Å².